The molecular weight excluding hydrogens is 594 g/mol. The minimum atomic E-state index is -4.91. The summed E-state index contributed by atoms with van der Waals surface area (Å²) in [4.78, 5) is 15.7. The molecule has 2 aliphatic rings. The van der Waals surface area contributed by atoms with E-state index < -0.39 is 34.3 Å². The molecule has 1 N–H and O–H groups in total. The van der Waals surface area contributed by atoms with E-state index >= 15 is 0 Å². The smallest absolute Gasteiger partial charge is 0.376 e. The number of hydrogen-bond donors (Lipinski definition) is 1. The summed E-state index contributed by atoms with van der Waals surface area (Å²) in [7, 11) is 0. The molecule has 0 bridgehead atoms. The molecule has 4 nitrogen and oxygen atoms in total. The molecule has 1 atom stereocenters. The lowest BCUT2D eigenvalue weighted by Crippen LogP contribution is -2.47. The summed E-state index contributed by atoms with van der Waals surface area (Å²) in [6, 6.07) is 19.1. The Morgan fingerprint density at radius 1 is 0.867 bits per heavy atom. The second-order valence-electron chi connectivity index (χ2n) is 12.8. The van der Waals surface area contributed by atoms with Crippen molar-refractivity contribution in [2.75, 3.05) is 31.6 Å². The van der Waals surface area contributed by atoms with E-state index in [-0.39, 0.29) is 30.8 Å². The predicted octanol–water partition coefficient (Wildman–Crippen LogP) is 8.60. The predicted molar refractivity (Wildman–Crippen MR) is 161 cm³/mol. The van der Waals surface area contributed by atoms with Crippen molar-refractivity contribution in [3.05, 3.63) is 101 Å². The number of hydrogen-bond acceptors (Lipinski definition) is 3. The average Bonchev–Trinajstić information content (AvgIpc) is 3.26. The molecule has 1 saturated heterocycles. The van der Waals surface area contributed by atoms with E-state index in [1.165, 1.54) is 0 Å². The average molecular weight is 633 g/mol. The first-order chi connectivity index (χ1) is 21.2. The summed E-state index contributed by atoms with van der Waals surface area (Å²) in [6.07, 6.45) is -7.05. The lowest BCUT2D eigenvalue weighted by Gasteiger charge is -2.43. The Labute approximate surface area is 259 Å². The number of ether oxygens (including phenoxy) is 1. The Kier molecular flexibility index (Phi) is 9.38. The van der Waals surface area contributed by atoms with Crippen molar-refractivity contribution < 1.29 is 35.9 Å². The molecule has 2 heterocycles. The van der Waals surface area contributed by atoms with E-state index in [1.54, 1.807) is 0 Å². The molecule has 1 amide bonds. The van der Waals surface area contributed by atoms with Gasteiger partial charge in [0.15, 0.2) is 0 Å². The summed E-state index contributed by atoms with van der Waals surface area (Å²) >= 11 is 0. The van der Waals surface area contributed by atoms with Gasteiger partial charge in [-0.2, -0.15) is 26.3 Å². The van der Waals surface area contributed by atoms with E-state index in [9.17, 15) is 31.1 Å². The maximum atomic E-state index is 13.4. The van der Waals surface area contributed by atoms with Crippen molar-refractivity contribution in [1.29, 1.82) is 0 Å². The van der Waals surface area contributed by atoms with E-state index in [0.29, 0.717) is 44.8 Å². The molecule has 3 aromatic carbocycles. The number of amides is 1. The van der Waals surface area contributed by atoms with Crippen LogP contribution in [0.2, 0.25) is 0 Å². The van der Waals surface area contributed by atoms with Gasteiger partial charge in [-0.3, -0.25) is 4.79 Å². The van der Waals surface area contributed by atoms with Crippen molar-refractivity contribution >= 4 is 11.6 Å². The fraction of sp³-hybridized carbons (Fsp3) is 0.457. The Balaban J connectivity index is 1.29. The molecule has 0 saturated carbocycles. The number of piperidine rings is 1. The third-order valence-corrected chi connectivity index (χ3v) is 9.23. The first kappa shape index (κ1) is 33.0. The molecule has 0 spiro atoms. The molecule has 45 heavy (non-hydrogen) atoms. The number of carbonyl (C=O) groups excluding carboxylic acids is 1. The fourth-order valence-electron chi connectivity index (χ4n) is 6.95. The van der Waals surface area contributed by atoms with Crippen LogP contribution in [0, 0.1) is 5.92 Å². The lowest BCUT2D eigenvalue weighted by molar-refractivity contribution is -0.143. The molecule has 10 heteroatoms. The van der Waals surface area contributed by atoms with E-state index in [0.717, 1.165) is 35.4 Å². The number of halogens is 6. The molecule has 5 rings (SSSR count). The topological polar surface area (TPSA) is 41.6 Å². The molecule has 0 radical (unpaired) electrons. The normalized spacial score (nSPS) is 20.3. The zero-order chi connectivity index (χ0) is 32.5. The highest BCUT2D eigenvalue weighted by Gasteiger charge is 2.47. The summed E-state index contributed by atoms with van der Waals surface area (Å²) in [6.45, 7) is 6.14. The molecule has 242 valence electrons. The number of nitrogens with zero attached hydrogens (tertiary/aromatic N) is 1. The molecule has 1 unspecified atom stereocenters. The summed E-state index contributed by atoms with van der Waals surface area (Å²) < 4.78 is 86.2. The standard InChI is InChI=1S/C35H38F6N2O2/c1-24(2)21-33(29-10-6-7-11-30(29)42-31(33)44)14-17-43-15-12-32(13-16-43,26-8-4-3-5-9-26)23-45-22-25-18-27(34(36,37)38)20-28(19-25)35(39,40)41/h3-11,18-20,24H,12-17,21-23H2,1-2H3,(H,42,44). The number of benzene rings is 3. The second-order valence-corrected chi connectivity index (χ2v) is 12.8. The van der Waals surface area contributed by atoms with Crippen LogP contribution in [0.4, 0.5) is 32.0 Å². The highest BCUT2D eigenvalue weighted by molar-refractivity contribution is 6.06. The fourth-order valence-corrected chi connectivity index (χ4v) is 6.95. The van der Waals surface area contributed by atoms with Crippen LogP contribution in [0.5, 0.6) is 0 Å². The molecule has 1 fully saturated rings. The molecule has 3 aromatic rings. The van der Waals surface area contributed by atoms with Crippen molar-refractivity contribution in [2.45, 2.75) is 69.3 Å². The molecular formula is C35H38F6N2O2. The van der Waals surface area contributed by atoms with Crippen LogP contribution in [0.3, 0.4) is 0 Å². The highest BCUT2D eigenvalue weighted by atomic mass is 19.4. The second kappa shape index (κ2) is 12.8. The Bertz CT molecular complexity index is 1450. The number of anilines is 1. The van der Waals surface area contributed by atoms with E-state index in [4.69, 9.17) is 4.74 Å². The van der Waals surface area contributed by atoms with Gasteiger partial charge in [-0.05, 0) is 92.2 Å². The quantitative estimate of drug-likeness (QED) is 0.228. The van der Waals surface area contributed by atoms with Crippen LogP contribution in [0.1, 0.15) is 67.3 Å². The number of para-hydroxylation sites is 1. The van der Waals surface area contributed by atoms with Gasteiger partial charge >= 0.3 is 12.4 Å². The summed E-state index contributed by atoms with van der Waals surface area (Å²) in [5.74, 6) is 0.347. The van der Waals surface area contributed by atoms with Gasteiger partial charge in [0.05, 0.1) is 29.8 Å². The molecule has 2 aliphatic heterocycles. The number of carbonyl (C=O) groups is 1. The Morgan fingerprint density at radius 2 is 1.47 bits per heavy atom. The van der Waals surface area contributed by atoms with Gasteiger partial charge in [0, 0.05) is 11.1 Å². The van der Waals surface area contributed by atoms with Gasteiger partial charge < -0.3 is 15.0 Å². The number of rotatable bonds is 10. The van der Waals surface area contributed by atoms with Gasteiger partial charge in [0.25, 0.3) is 0 Å². The Hall–Kier alpha value is -3.37. The highest BCUT2D eigenvalue weighted by Crippen LogP contribution is 2.45. The minimum Gasteiger partial charge on any atom is -0.376 e. The van der Waals surface area contributed by atoms with Gasteiger partial charge in [-0.1, -0.05) is 62.4 Å². The summed E-state index contributed by atoms with van der Waals surface area (Å²) in [5, 5.41) is 3.08. The van der Waals surface area contributed by atoms with Crippen molar-refractivity contribution in [3.8, 4) is 0 Å². The lowest BCUT2D eigenvalue weighted by atomic mass is 9.71. The third kappa shape index (κ3) is 7.22. The number of nitrogens with one attached hydrogen (secondary N) is 1. The number of likely N-dealkylation sites (tertiary alicyclic amines) is 1. The number of alkyl halides is 6. The molecule has 0 aromatic heterocycles. The van der Waals surface area contributed by atoms with Crippen LogP contribution in [0.15, 0.2) is 72.8 Å². The van der Waals surface area contributed by atoms with Crippen molar-refractivity contribution in [2.24, 2.45) is 5.92 Å². The van der Waals surface area contributed by atoms with Crippen molar-refractivity contribution in [3.63, 3.8) is 0 Å². The van der Waals surface area contributed by atoms with Gasteiger partial charge in [0.1, 0.15) is 0 Å². The minimum absolute atomic E-state index is 0.0321. The SMILES string of the molecule is CC(C)CC1(CCN2CCC(COCc3cc(C(F)(F)F)cc(C(F)(F)F)c3)(c3ccccc3)CC2)C(=O)Nc2ccccc21. The monoisotopic (exact) mass is 632 g/mol. The third-order valence-electron chi connectivity index (χ3n) is 9.23. The zero-order valence-corrected chi connectivity index (χ0v) is 25.4. The first-order valence-corrected chi connectivity index (χ1v) is 15.3. The largest absolute Gasteiger partial charge is 0.416 e. The van der Waals surface area contributed by atoms with Crippen molar-refractivity contribution in [1.82, 2.24) is 4.90 Å². The number of fused-ring (bicyclic) bond motifs is 1. The van der Waals surface area contributed by atoms with E-state index in [2.05, 4.69) is 24.1 Å². The van der Waals surface area contributed by atoms with Crippen LogP contribution >= 0.6 is 0 Å². The van der Waals surface area contributed by atoms with Gasteiger partial charge in [0.2, 0.25) is 5.91 Å². The van der Waals surface area contributed by atoms with Crippen LogP contribution < -0.4 is 5.32 Å². The maximum absolute atomic E-state index is 13.4. The van der Waals surface area contributed by atoms with Gasteiger partial charge in [-0.25, -0.2) is 0 Å². The van der Waals surface area contributed by atoms with E-state index in [1.807, 2.05) is 54.6 Å². The first-order valence-electron chi connectivity index (χ1n) is 15.3. The van der Waals surface area contributed by atoms with Gasteiger partial charge in [-0.15, -0.1) is 0 Å². The summed E-state index contributed by atoms with van der Waals surface area (Å²) in [5.41, 5.74) is -1.03. The molecule has 0 aliphatic carbocycles. The van der Waals surface area contributed by atoms with Crippen LogP contribution in [-0.4, -0.2) is 37.0 Å². The zero-order valence-electron chi connectivity index (χ0n) is 25.4. The van der Waals surface area contributed by atoms with Crippen LogP contribution in [-0.2, 0) is 39.3 Å². The Morgan fingerprint density at radius 3 is 2.07 bits per heavy atom. The van der Waals surface area contributed by atoms with Crippen LogP contribution in [0.25, 0.3) is 0 Å². The maximum Gasteiger partial charge on any atom is 0.416 e.